The molecular formula is C7H12Si. The van der Waals surface area contributed by atoms with Crippen LogP contribution in [0.3, 0.4) is 0 Å². The highest BCUT2D eigenvalue weighted by Gasteiger charge is 1.84. The molecule has 0 unspecified atom stereocenters. The fraction of sp³-hybridized carbons (Fsp3) is 0.571. The summed E-state index contributed by atoms with van der Waals surface area (Å²) in [4.78, 5) is 0. The van der Waals surface area contributed by atoms with Crippen molar-refractivity contribution in [2.45, 2.75) is 26.2 Å². The van der Waals surface area contributed by atoms with E-state index in [1.165, 1.54) is 18.0 Å². The summed E-state index contributed by atoms with van der Waals surface area (Å²) in [5.74, 6) is 2.63. The van der Waals surface area contributed by atoms with Crippen LogP contribution in [0.25, 0.3) is 0 Å². The van der Waals surface area contributed by atoms with Crippen molar-refractivity contribution in [1.29, 1.82) is 0 Å². The summed E-state index contributed by atoms with van der Waals surface area (Å²) in [7, 11) is 1.82. The second kappa shape index (κ2) is 4.80. The van der Waals surface area contributed by atoms with Gasteiger partial charge in [0.2, 0.25) is 0 Å². The van der Waals surface area contributed by atoms with Crippen LogP contribution < -0.4 is 0 Å². The zero-order valence-electron chi connectivity index (χ0n) is 5.41. The maximum atomic E-state index is 5.13. The van der Waals surface area contributed by atoms with Gasteiger partial charge in [0.1, 0.15) is 0 Å². The molecule has 0 aromatic heterocycles. The van der Waals surface area contributed by atoms with E-state index in [9.17, 15) is 0 Å². The van der Waals surface area contributed by atoms with Crippen LogP contribution in [0, 0.1) is 12.3 Å². The van der Waals surface area contributed by atoms with E-state index in [2.05, 4.69) is 12.8 Å². The van der Waals surface area contributed by atoms with Crippen LogP contribution >= 0.6 is 0 Å². The molecule has 0 aromatic rings. The molecule has 0 aromatic carbocycles. The minimum Gasteiger partial charge on any atom is -0.115 e. The Hall–Kier alpha value is -0.353. The minimum atomic E-state index is 1.12. The van der Waals surface area contributed by atoms with Gasteiger partial charge >= 0.3 is 0 Å². The van der Waals surface area contributed by atoms with Crippen molar-refractivity contribution in [3.05, 3.63) is 0 Å². The summed E-state index contributed by atoms with van der Waals surface area (Å²) >= 11 is 0. The monoisotopic (exact) mass is 124 g/mol. The number of hydrogen-bond donors (Lipinski definition) is 0. The van der Waals surface area contributed by atoms with Crippen LogP contribution in [0.5, 0.6) is 0 Å². The van der Waals surface area contributed by atoms with Crippen molar-refractivity contribution in [3.8, 4) is 12.3 Å². The van der Waals surface area contributed by atoms with Crippen molar-refractivity contribution in [2.24, 2.45) is 0 Å². The molecule has 8 heavy (non-hydrogen) atoms. The summed E-state index contributed by atoms with van der Waals surface area (Å²) in [5, 5.41) is 1.20. The van der Waals surface area contributed by atoms with Gasteiger partial charge < -0.3 is 0 Å². The first kappa shape index (κ1) is 7.65. The van der Waals surface area contributed by atoms with Gasteiger partial charge in [0.15, 0.2) is 0 Å². The second-order valence-corrected chi connectivity index (χ2v) is 2.70. The van der Waals surface area contributed by atoms with E-state index in [4.69, 9.17) is 6.42 Å². The Morgan fingerprint density at radius 3 is 2.75 bits per heavy atom. The first-order valence-corrected chi connectivity index (χ1v) is 3.66. The van der Waals surface area contributed by atoms with Gasteiger partial charge in [0.05, 0.1) is 0 Å². The molecule has 0 saturated carbocycles. The van der Waals surface area contributed by atoms with E-state index < -0.39 is 0 Å². The summed E-state index contributed by atoms with van der Waals surface area (Å²) in [5.41, 5.74) is 0. The largest absolute Gasteiger partial charge is 0.115 e. The van der Waals surface area contributed by atoms with Crippen LogP contribution in [-0.2, 0) is 0 Å². The molecular weight excluding hydrogens is 112 g/mol. The Morgan fingerprint density at radius 2 is 2.38 bits per heavy atom. The van der Waals surface area contributed by atoms with Gasteiger partial charge in [-0.15, -0.1) is 6.42 Å². The number of rotatable bonds is 3. The van der Waals surface area contributed by atoms with Crippen molar-refractivity contribution in [3.63, 3.8) is 0 Å². The average molecular weight is 124 g/mol. The number of terminal acetylenes is 1. The minimum absolute atomic E-state index is 1.12. The maximum absolute atomic E-state index is 5.13. The van der Waals surface area contributed by atoms with Crippen molar-refractivity contribution >= 4 is 15.0 Å². The zero-order valence-corrected chi connectivity index (χ0v) is 6.82. The fourth-order valence-electron chi connectivity index (χ4n) is 0.462. The lowest BCUT2D eigenvalue weighted by molar-refractivity contribution is 0.842. The molecule has 1 heteroatoms. The lowest BCUT2D eigenvalue weighted by Crippen LogP contribution is -1.91. The van der Waals surface area contributed by atoms with E-state index in [0.29, 0.717) is 0 Å². The van der Waals surface area contributed by atoms with Gasteiger partial charge in [0.25, 0.3) is 0 Å². The molecule has 44 valence electrons. The van der Waals surface area contributed by atoms with Gasteiger partial charge in [-0.1, -0.05) is 19.3 Å². The first-order valence-electron chi connectivity index (χ1n) is 2.95. The maximum Gasteiger partial charge on any atom is -0.00822 e. The highest BCUT2D eigenvalue weighted by atomic mass is 28.1. The van der Waals surface area contributed by atoms with Crippen LogP contribution in [0.2, 0.25) is 0 Å². The first-order chi connectivity index (χ1) is 3.81. The molecule has 0 fully saturated rings. The van der Waals surface area contributed by atoms with Crippen molar-refractivity contribution < 1.29 is 0 Å². The van der Waals surface area contributed by atoms with E-state index in [1.807, 2.05) is 9.85 Å². The molecule has 0 amide bonds. The lowest BCUT2D eigenvalue weighted by atomic mass is 10.2. The summed E-state index contributed by atoms with van der Waals surface area (Å²) in [6, 6.07) is 0. The van der Waals surface area contributed by atoms with Gasteiger partial charge in [-0.25, -0.2) is 0 Å². The molecule has 0 radical (unpaired) electrons. The Morgan fingerprint density at radius 1 is 1.75 bits per heavy atom. The predicted octanol–water partition coefficient (Wildman–Crippen LogP) is 0.615. The summed E-state index contributed by atoms with van der Waals surface area (Å²) < 4.78 is 0. The van der Waals surface area contributed by atoms with Crippen LogP contribution in [0.15, 0.2) is 0 Å². The molecule has 0 nitrogen and oxygen atoms in total. The molecule has 0 bridgehead atoms. The second-order valence-electron chi connectivity index (χ2n) is 1.85. The molecule has 0 aliphatic heterocycles. The predicted molar refractivity (Wildman–Crippen MR) is 41.9 cm³/mol. The molecule has 0 atom stereocenters. The summed E-state index contributed by atoms with van der Waals surface area (Å²) in [6.07, 6.45) is 8.73. The van der Waals surface area contributed by atoms with Crippen LogP contribution in [0.1, 0.15) is 26.2 Å². The Bertz CT molecular complexity index is 108. The molecule has 0 rings (SSSR count). The topological polar surface area (TPSA) is 0 Å². The third-order valence-electron chi connectivity index (χ3n) is 1.04. The average Bonchev–Trinajstić information content (AvgIpc) is 1.83. The molecule has 0 aliphatic rings. The highest BCUT2D eigenvalue weighted by Crippen LogP contribution is 1.92. The normalized spacial score (nSPS) is 8.00. The van der Waals surface area contributed by atoms with E-state index in [1.54, 1.807) is 0 Å². The van der Waals surface area contributed by atoms with Gasteiger partial charge in [-0.05, 0) is 27.9 Å². The quantitative estimate of drug-likeness (QED) is 0.382. The molecule has 0 N–H and O–H groups in total. The molecule has 0 heterocycles. The Kier molecular flexibility index (Phi) is 4.59. The van der Waals surface area contributed by atoms with Crippen molar-refractivity contribution in [2.75, 3.05) is 0 Å². The van der Waals surface area contributed by atoms with Crippen LogP contribution in [-0.4, -0.2) is 15.0 Å². The molecule has 0 spiro atoms. The number of hydrogen-bond acceptors (Lipinski definition) is 0. The lowest BCUT2D eigenvalue weighted by Gasteiger charge is -1.91. The standard InChI is InChI=1S/C7H12Si/c1-3-5-6-7(8)4-2/h2H,3,5-6,8H2,1H3. The van der Waals surface area contributed by atoms with Crippen LogP contribution in [0.4, 0.5) is 0 Å². The SMILES string of the molecule is C#CC(=[SiH2])CCCC. The highest BCUT2D eigenvalue weighted by molar-refractivity contribution is 6.43. The molecule has 0 saturated heterocycles. The zero-order chi connectivity index (χ0) is 6.41. The van der Waals surface area contributed by atoms with E-state index in [0.717, 1.165) is 6.42 Å². The fourth-order valence-corrected chi connectivity index (χ4v) is 0.712. The van der Waals surface area contributed by atoms with E-state index >= 15 is 0 Å². The third kappa shape index (κ3) is 3.82. The Balaban J connectivity index is 3.16. The van der Waals surface area contributed by atoms with Gasteiger partial charge in [0, 0.05) is 0 Å². The smallest absolute Gasteiger partial charge is 0.00822 e. The van der Waals surface area contributed by atoms with Gasteiger partial charge in [-0.3, -0.25) is 0 Å². The summed E-state index contributed by atoms with van der Waals surface area (Å²) in [6.45, 7) is 2.17. The van der Waals surface area contributed by atoms with Gasteiger partial charge in [-0.2, -0.15) is 0 Å². The van der Waals surface area contributed by atoms with Crippen molar-refractivity contribution in [1.82, 2.24) is 0 Å². The number of unbranched alkanes of at least 4 members (excludes halogenated alkanes) is 1. The third-order valence-corrected chi connectivity index (χ3v) is 1.59. The molecule has 0 aliphatic carbocycles. The Labute approximate surface area is 54.3 Å². The van der Waals surface area contributed by atoms with E-state index in [-0.39, 0.29) is 0 Å².